The van der Waals surface area contributed by atoms with Crippen LogP contribution in [0.15, 0.2) is 78.0 Å². The number of halogens is 3. The van der Waals surface area contributed by atoms with Crippen molar-refractivity contribution in [1.29, 1.82) is 0 Å². The van der Waals surface area contributed by atoms with Crippen LogP contribution in [0.1, 0.15) is 21.5 Å². The van der Waals surface area contributed by atoms with E-state index in [1.54, 1.807) is 42.5 Å². The maximum absolute atomic E-state index is 12.6. The minimum absolute atomic E-state index is 0.0447. The molecule has 0 saturated heterocycles. The second-order valence-corrected chi connectivity index (χ2v) is 10.9. The fourth-order valence-electron chi connectivity index (χ4n) is 2.68. The van der Waals surface area contributed by atoms with Crippen LogP contribution < -0.4 is 14.3 Å². The molecule has 3 rings (SSSR count). The number of methoxy groups -OCH3 is 1. The molecule has 1 amide bonds. The molecule has 7 nitrogen and oxygen atoms in total. The van der Waals surface area contributed by atoms with E-state index < -0.39 is 16.0 Å². The highest BCUT2D eigenvalue weighted by atomic mass is 79.9. The summed E-state index contributed by atoms with van der Waals surface area (Å²) in [7, 11) is -2.55. The zero-order valence-electron chi connectivity index (χ0n) is 17.3. The summed E-state index contributed by atoms with van der Waals surface area (Å²) in [5.41, 5.74) is 4.27. The lowest BCUT2D eigenvalue weighted by Crippen LogP contribution is -2.18. The molecular formula is C22H17Br3N2O5S. The summed E-state index contributed by atoms with van der Waals surface area (Å²) in [6, 6.07) is 14.6. The maximum Gasteiger partial charge on any atom is 0.339 e. The molecule has 3 aromatic rings. The number of hydrogen-bond acceptors (Lipinski definition) is 6. The predicted molar refractivity (Wildman–Crippen MR) is 137 cm³/mol. The van der Waals surface area contributed by atoms with Crippen LogP contribution in [-0.4, -0.2) is 27.6 Å². The summed E-state index contributed by atoms with van der Waals surface area (Å²) < 4.78 is 37.2. The Morgan fingerprint density at radius 3 is 2.24 bits per heavy atom. The van der Waals surface area contributed by atoms with Crippen LogP contribution in [0.3, 0.4) is 0 Å². The number of carbonyl (C=O) groups is 1. The molecule has 0 fully saturated rings. The van der Waals surface area contributed by atoms with Gasteiger partial charge in [-0.15, -0.1) is 0 Å². The van der Waals surface area contributed by atoms with E-state index in [-0.39, 0.29) is 10.6 Å². The van der Waals surface area contributed by atoms with Crippen molar-refractivity contribution in [3.8, 4) is 11.5 Å². The van der Waals surface area contributed by atoms with Crippen molar-refractivity contribution in [1.82, 2.24) is 5.43 Å². The summed E-state index contributed by atoms with van der Waals surface area (Å²) in [6.45, 7) is 1.86. The zero-order chi connectivity index (χ0) is 24.2. The Kier molecular flexibility index (Phi) is 8.33. The van der Waals surface area contributed by atoms with Crippen LogP contribution in [0.4, 0.5) is 0 Å². The van der Waals surface area contributed by atoms with Gasteiger partial charge in [-0.3, -0.25) is 4.79 Å². The Morgan fingerprint density at radius 2 is 1.64 bits per heavy atom. The highest BCUT2D eigenvalue weighted by molar-refractivity contribution is 9.11. The van der Waals surface area contributed by atoms with Crippen molar-refractivity contribution in [2.75, 3.05) is 7.11 Å². The standard InChI is InChI=1S/C22H17Br3N2O5S/c1-13-3-6-16(7-4-13)33(29,30)32-21-18(24)9-14(10-19(21)25)12-26-27-22(28)17-11-15(23)5-8-20(17)31-2/h3-12H,1-2H3,(H,27,28)/b26-12-. The van der Waals surface area contributed by atoms with E-state index in [2.05, 4.69) is 58.3 Å². The summed E-state index contributed by atoms with van der Waals surface area (Å²) in [5.74, 6) is 0.0509. The first-order valence-corrected chi connectivity index (χ1v) is 13.1. The summed E-state index contributed by atoms with van der Waals surface area (Å²) in [6.07, 6.45) is 1.41. The summed E-state index contributed by atoms with van der Waals surface area (Å²) >= 11 is 9.98. The molecule has 0 unspecified atom stereocenters. The number of carbonyl (C=O) groups excluding carboxylic acids is 1. The number of hydrogen-bond donors (Lipinski definition) is 1. The number of hydrazone groups is 1. The first-order valence-electron chi connectivity index (χ1n) is 9.28. The molecule has 0 aliphatic heterocycles. The Bertz CT molecular complexity index is 1300. The van der Waals surface area contributed by atoms with Crippen LogP contribution in [-0.2, 0) is 10.1 Å². The summed E-state index contributed by atoms with van der Waals surface area (Å²) in [4.78, 5) is 12.5. The molecule has 0 heterocycles. The third-order valence-electron chi connectivity index (χ3n) is 4.31. The van der Waals surface area contributed by atoms with E-state index in [0.29, 0.717) is 25.8 Å². The van der Waals surface area contributed by atoms with Gasteiger partial charge in [-0.1, -0.05) is 33.6 Å². The van der Waals surface area contributed by atoms with Gasteiger partial charge in [0.25, 0.3) is 5.91 Å². The lowest BCUT2D eigenvalue weighted by molar-refractivity contribution is 0.0952. The van der Waals surface area contributed by atoms with Gasteiger partial charge in [0.15, 0.2) is 5.75 Å². The van der Waals surface area contributed by atoms with Crippen LogP contribution in [0.5, 0.6) is 11.5 Å². The Balaban J connectivity index is 1.76. The van der Waals surface area contributed by atoms with Crippen LogP contribution in [0.25, 0.3) is 0 Å². The van der Waals surface area contributed by atoms with E-state index >= 15 is 0 Å². The van der Waals surface area contributed by atoms with E-state index in [9.17, 15) is 13.2 Å². The van der Waals surface area contributed by atoms with Crippen LogP contribution in [0, 0.1) is 6.92 Å². The molecule has 0 aliphatic rings. The molecular weight excluding hydrogens is 644 g/mol. The highest BCUT2D eigenvalue weighted by Crippen LogP contribution is 2.36. The number of ether oxygens (including phenoxy) is 1. The fraction of sp³-hybridized carbons (Fsp3) is 0.0909. The first kappa shape index (κ1) is 25.4. The van der Waals surface area contributed by atoms with Gasteiger partial charge in [0.05, 0.1) is 27.8 Å². The van der Waals surface area contributed by atoms with Gasteiger partial charge in [0.1, 0.15) is 10.6 Å². The number of aryl methyl sites for hydroxylation is 1. The van der Waals surface area contributed by atoms with Gasteiger partial charge in [-0.05, 0) is 86.8 Å². The molecule has 1 N–H and O–H groups in total. The molecule has 11 heteroatoms. The monoisotopic (exact) mass is 658 g/mol. The van der Waals surface area contributed by atoms with Gasteiger partial charge >= 0.3 is 10.1 Å². The normalized spacial score (nSPS) is 11.4. The van der Waals surface area contributed by atoms with E-state index in [0.717, 1.165) is 10.0 Å². The molecule has 0 atom stereocenters. The van der Waals surface area contributed by atoms with Crippen LogP contribution >= 0.6 is 47.8 Å². The van der Waals surface area contributed by atoms with Gasteiger partial charge < -0.3 is 8.92 Å². The number of amides is 1. The fourth-order valence-corrected chi connectivity index (χ4v) is 5.60. The second-order valence-electron chi connectivity index (χ2n) is 6.71. The van der Waals surface area contributed by atoms with Gasteiger partial charge in [0, 0.05) is 4.47 Å². The molecule has 3 aromatic carbocycles. The van der Waals surface area contributed by atoms with Crippen molar-refractivity contribution < 1.29 is 22.1 Å². The van der Waals surface area contributed by atoms with E-state index in [4.69, 9.17) is 8.92 Å². The van der Waals surface area contributed by atoms with Crippen molar-refractivity contribution in [3.05, 3.63) is 84.7 Å². The number of nitrogens with one attached hydrogen (secondary N) is 1. The predicted octanol–water partition coefficient (Wildman–Crippen LogP) is 5.82. The Labute approximate surface area is 216 Å². The Hall–Kier alpha value is -2.21. The molecule has 0 bridgehead atoms. The minimum Gasteiger partial charge on any atom is -0.496 e. The van der Waals surface area contributed by atoms with Crippen molar-refractivity contribution in [2.24, 2.45) is 5.10 Å². The highest BCUT2D eigenvalue weighted by Gasteiger charge is 2.20. The maximum atomic E-state index is 12.6. The molecule has 33 heavy (non-hydrogen) atoms. The average molecular weight is 661 g/mol. The number of rotatable bonds is 7. The lowest BCUT2D eigenvalue weighted by atomic mass is 10.2. The minimum atomic E-state index is -4.02. The van der Waals surface area contributed by atoms with Crippen molar-refractivity contribution in [2.45, 2.75) is 11.8 Å². The molecule has 0 radical (unpaired) electrons. The summed E-state index contributed by atoms with van der Waals surface area (Å²) in [5, 5.41) is 3.97. The third kappa shape index (κ3) is 6.44. The first-order chi connectivity index (χ1) is 15.6. The zero-order valence-corrected chi connectivity index (χ0v) is 22.9. The van der Waals surface area contributed by atoms with Gasteiger partial charge in [0.2, 0.25) is 0 Å². The van der Waals surface area contributed by atoms with E-state index in [1.807, 2.05) is 6.92 Å². The number of benzene rings is 3. The van der Waals surface area contributed by atoms with Crippen molar-refractivity contribution in [3.63, 3.8) is 0 Å². The largest absolute Gasteiger partial charge is 0.496 e. The van der Waals surface area contributed by atoms with Crippen LogP contribution in [0.2, 0.25) is 0 Å². The second kappa shape index (κ2) is 10.8. The average Bonchev–Trinajstić information content (AvgIpc) is 2.76. The van der Waals surface area contributed by atoms with Crippen molar-refractivity contribution >= 4 is 70.0 Å². The number of nitrogens with zero attached hydrogens (tertiary/aromatic N) is 1. The Morgan fingerprint density at radius 1 is 1.00 bits per heavy atom. The third-order valence-corrected chi connectivity index (χ3v) is 7.22. The SMILES string of the molecule is COc1ccc(Br)cc1C(=O)N/N=C\c1cc(Br)c(OS(=O)(=O)c2ccc(C)cc2)c(Br)c1. The lowest BCUT2D eigenvalue weighted by Gasteiger charge is -2.11. The topological polar surface area (TPSA) is 94.1 Å². The van der Waals surface area contributed by atoms with Gasteiger partial charge in [-0.2, -0.15) is 13.5 Å². The molecule has 0 aromatic heterocycles. The molecule has 172 valence electrons. The van der Waals surface area contributed by atoms with E-state index in [1.165, 1.54) is 25.5 Å². The quantitative estimate of drug-likeness (QED) is 0.196. The molecule has 0 saturated carbocycles. The molecule has 0 spiro atoms. The smallest absolute Gasteiger partial charge is 0.339 e. The molecule has 0 aliphatic carbocycles. The van der Waals surface area contributed by atoms with Gasteiger partial charge in [-0.25, -0.2) is 5.43 Å².